The number of halogens is 1. The standard InChI is InChI=1S/C13H15ClN2O2/c1-16-6-4-10(5-7-16)17-13-11-8-9(14)2-3-12(11)18-15-13/h2-3,8,10H,4-7H2,1H3. The molecule has 0 unspecified atom stereocenters. The molecule has 1 aromatic carbocycles. The van der Waals surface area contributed by atoms with Gasteiger partial charge in [-0.3, -0.25) is 0 Å². The van der Waals surface area contributed by atoms with E-state index in [2.05, 4.69) is 17.1 Å². The predicted octanol–water partition coefficient (Wildman–Crippen LogP) is 2.95. The Morgan fingerprint density at radius 1 is 1.39 bits per heavy atom. The summed E-state index contributed by atoms with van der Waals surface area (Å²) in [6.45, 7) is 2.11. The summed E-state index contributed by atoms with van der Waals surface area (Å²) in [4.78, 5) is 2.30. The molecule has 5 heteroatoms. The SMILES string of the molecule is CN1CCC(Oc2noc3ccc(Cl)cc23)CC1. The van der Waals surface area contributed by atoms with E-state index in [-0.39, 0.29) is 6.10 Å². The van der Waals surface area contributed by atoms with E-state index >= 15 is 0 Å². The van der Waals surface area contributed by atoms with Gasteiger partial charge in [0.1, 0.15) is 6.10 Å². The summed E-state index contributed by atoms with van der Waals surface area (Å²) < 4.78 is 11.1. The first kappa shape index (κ1) is 11.8. The number of hydrogen-bond acceptors (Lipinski definition) is 4. The van der Waals surface area contributed by atoms with Gasteiger partial charge in [-0.2, -0.15) is 0 Å². The summed E-state index contributed by atoms with van der Waals surface area (Å²) in [5, 5.41) is 5.49. The molecule has 4 nitrogen and oxygen atoms in total. The van der Waals surface area contributed by atoms with Crippen LogP contribution in [-0.4, -0.2) is 36.3 Å². The summed E-state index contributed by atoms with van der Waals surface area (Å²) in [6, 6.07) is 5.43. The highest BCUT2D eigenvalue weighted by atomic mass is 35.5. The van der Waals surface area contributed by atoms with E-state index in [4.69, 9.17) is 20.9 Å². The first-order valence-corrected chi connectivity index (χ1v) is 6.50. The van der Waals surface area contributed by atoms with Crippen molar-refractivity contribution in [3.63, 3.8) is 0 Å². The number of rotatable bonds is 2. The van der Waals surface area contributed by atoms with Crippen molar-refractivity contribution in [3.05, 3.63) is 23.2 Å². The molecule has 0 N–H and O–H groups in total. The molecule has 2 aromatic rings. The molecule has 0 saturated carbocycles. The summed E-state index contributed by atoms with van der Waals surface area (Å²) in [6.07, 6.45) is 2.25. The van der Waals surface area contributed by atoms with E-state index in [1.807, 2.05) is 12.1 Å². The molecule has 0 bridgehead atoms. The lowest BCUT2D eigenvalue weighted by atomic mass is 10.1. The maximum atomic E-state index is 5.98. The van der Waals surface area contributed by atoms with Crippen LogP contribution in [0.2, 0.25) is 5.02 Å². The van der Waals surface area contributed by atoms with Gasteiger partial charge in [0.25, 0.3) is 5.88 Å². The molecule has 0 atom stereocenters. The van der Waals surface area contributed by atoms with Gasteiger partial charge in [-0.1, -0.05) is 11.6 Å². The Kier molecular flexibility index (Phi) is 3.14. The van der Waals surface area contributed by atoms with Crippen LogP contribution < -0.4 is 4.74 Å². The van der Waals surface area contributed by atoms with Crippen molar-refractivity contribution in [2.45, 2.75) is 18.9 Å². The molecule has 1 aliphatic heterocycles. The van der Waals surface area contributed by atoms with Crippen LogP contribution in [0.25, 0.3) is 11.0 Å². The average Bonchev–Trinajstić information content (AvgIpc) is 2.75. The first-order valence-electron chi connectivity index (χ1n) is 6.12. The van der Waals surface area contributed by atoms with Gasteiger partial charge in [-0.05, 0) is 43.2 Å². The molecule has 1 saturated heterocycles. The van der Waals surface area contributed by atoms with Crippen molar-refractivity contribution in [1.29, 1.82) is 0 Å². The quantitative estimate of drug-likeness (QED) is 0.838. The lowest BCUT2D eigenvalue weighted by molar-refractivity contribution is 0.107. The Labute approximate surface area is 110 Å². The number of ether oxygens (including phenoxy) is 1. The lowest BCUT2D eigenvalue weighted by Crippen LogP contribution is -2.35. The highest BCUT2D eigenvalue weighted by molar-refractivity contribution is 6.31. The molecule has 1 aliphatic rings. The predicted molar refractivity (Wildman–Crippen MR) is 70.2 cm³/mol. The van der Waals surface area contributed by atoms with Crippen LogP contribution in [0, 0.1) is 0 Å². The van der Waals surface area contributed by atoms with Gasteiger partial charge in [-0.15, -0.1) is 0 Å². The minimum absolute atomic E-state index is 0.216. The zero-order valence-corrected chi connectivity index (χ0v) is 11.0. The van der Waals surface area contributed by atoms with Crippen LogP contribution in [0.15, 0.2) is 22.7 Å². The lowest BCUT2D eigenvalue weighted by Gasteiger charge is -2.28. The molecular formula is C13H15ClN2O2. The minimum Gasteiger partial charge on any atom is -0.472 e. The highest BCUT2D eigenvalue weighted by Gasteiger charge is 2.20. The summed E-state index contributed by atoms with van der Waals surface area (Å²) in [7, 11) is 2.13. The van der Waals surface area contributed by atoms with E-state index in [1.165, 1.54) is 0 Å². The Balaban J connectivity index is 1.80. The zero-order valence-electron chi connectivity index (χ0n) is 10.2. The number of aromatic nitrogens is 1. The summed E-state index contributed by atoms with van der Waals surface area (Å²) in [5.41, 5.74) is 0.710. The fraction of sp³-hybridized carbons (Fsp3) is 0.462. The number of fused-ring (bicyclic) bond motifs is 1. The fourth-order valence-corrected chi connectivity index (χ4v) is 2.41. The molecule has 0 radical (unpaired) electrons. The number of benzene rings is 1. The third kappa shape index (κ3) is 2.31. The van der Waals surface area contributed by atoms with Crippen LogP contribution >= 0.6 is 11.6 Å². The van der Waals surface area contributed by atoms with Crippen molar-refractivity contribution in [1.82, 2.24) is 10.1 Å². The van der Waals surface area contributed by atoms with E-state index < -0.39 is 0 Å². The van der Waals surface area contributed by atoms with Gasteiger partial charge in [-0.25, -0.2) is 0 Å². The molecule has 0 amide bonds. The molecule has 1 aromatic heterocycles. The Hall–Kier alpha value is -1.26. The van der Waals surface area contributed by atoms with Crippen molar-refractivity contribution in [3.8, 4) is 5.88 Å². The number of nitrogens with zero attached hydrogens (tertiary/aromatic N) is 2. The second-order valence-corrected chi connectivity index (χ2v) is 5.19. The highest BCUT2D eigenvalue weighted by Crippen LogP contribution is 2.29. The van der Waals surface area contributed by atoms with Crippen molar-refractivity contribution in [2.24, 2.45) is 0 Å². The van der Waals surface area contributed by atoms with Crippen molar-refractivity contribution in [2.75, 3.05) is 20.1 Å². The number of piperidine rings is 1. The van der Waals surface area contributed by atoms with Gasteiger partial charge < -0.3 is 14.2 Å². The minimum atomic E-state index is 0.216. The molecule has 2 heterocycles. The van der Waals surface area contributed by atoms with Crippen molar-refractivity contribution < 1.29 is 9.26 Å². The van der Waals surface area contributed by atoms with E-state index in [0.29, 0.717) is 16.5 Å². The number of likely N-dealkylation sites (tertiary alicyclic amines) is 1. The molecule has 96 valence electrons. The van der Waals surface area contributed by atoms with Gasteiger partial charge in [0, 0.05) is 18.1 Å². The second kappa shape index (κ2) is 4.78. The largest absolute Gasteiger partial charge is 0.472 e. The van der Waals surface area contributed by atoms with Crippen LogP contribution in [0.5, 0.6) is 5.88 Å². The Morgan fingerprint density at radius 2 is 2.17 bits per heavy atom. The maximum Gasteiger partial charge on any atom is 0.262 e. The maximum absolute atomic E-state index is 5.98. The second-order valence-electron chi connectivity index (χ2n) is 4.75. The van der Waals surface area contributed by atoms with Gasteiger partial charge in [0.15, 0.2) is 5.58 Å². The Bertz CT molecular complexity index is 547. The molecular weight excluding hydrogens is 252 g/mol. The molecule has 3 rings (SSSR count). The average molecular weight is 267 g/mol. The van der Waals surface area contributed by atoms with Crippen LogP contribution in [0.4, 0.5) is 0 Å². The van der Waals surface area contributed by atoms with Gasteiger partial charge in [0.2, 0.25) is 0 Å². The van der Waals surface area contributed by atoms with Crippen LogP contribution in [0.3, 0.4) is 0 Å². The van der Waals surface area contributed by atoms with E-state index in [0.717, 1.165) is 31.3 Å². The van der Waals surface area contributed by atoms with Crippen LogP contribution in [-0.2, 0) is 0 Å². The molecule has 18 heavy (non-hydrogen) atoms. The molecule has 0 spiro atoms. The summed E-state index contributed by atoms with van der Waals surface area (Å²) >= 11 is 5.98. The fourth-order valence-electron chi connectivity index (χ4n) is 2.23. The topological polar surface area (TPSA) is 38.5 Å². The normalized spacial score (nSPS) is 18.3. The summed E-state index contributed by atoms with van der Waals surface area (Å²) in [5.74, 6) is 0.557. The molecule has 0 aliphatic carbocycles. The monoisotopic (exact) mass is 266 g/mol. The van der Waals surface area contributed by atoms with E-state index in [9.17, 15) is 0 Å². The van der Waals surface area contributed by atoms with E-state index in [1.54, 1.807) is 6.07 Å². The third-order valence-corrected chi connectivity index (χ3v) is 3.58. The van der Waals surface area contributed by atoms with Crippen molar-refractivity contribution >= 4 is 22.6 Å². The molecule has 1 fully saturated rings. The van der Waals surface area contributed by atoms with Gasteiger partial charge in [0.05, 0.1) is 5.39 Å². The number of hydrogen-bond donors (Lipinski definition) is 0. The smallest absolute Gasteiger partial charge is 0.262 e. The first-order chi connectivity index (χ1) is 8.72. The van der Waals surface area contributed by atoms with Crippen LogP contribution in [0.1, 0.15) is 12.8 Å². The third-order valence-electron chi connectivity index (χ3n) is 3.34. The van der Waals surface area contributed by atoms with Gasteiger partial charge >= 0.3 is 0 Å². The Morgan fingerprint density at radius 3 is 2.94 bits per heavy atom. The zero-order chi connectivity index (χ0) is 12.5.